The Labute approximate surface area is 127 Å². The minimum absolute atomic E-state index is 0.0538. The molecular weight excluding hydrogens is 282 g/mol. The molecule has 1 aliphatic carbocycles. The number of nitrogens with zero attached hydrogens (tertiary/aromatic N) is 2. The minimum atomic E-state index is -0.776. The maximum Gasteiger partial charge on any atom is 0.306 e. The van der Waals surface area contributed by atoms with Crippen molar-refractivity contribution in [2.45, 2.75) is 25.3 Å². The van der Waals surface area contributed by atoms with E-state index < -0.39 is 5.97 Å². The maximum atomic E-state index is 12.2. The van der Waals surface area contributed by atoms with Gasteiger partial charge >= 0.3 is 5.97 Å². The smallest absolute Gasteiger partial charge is 0.306 e. The molecule has 0 bridgehead atoms. The summed E-state index contributed by atoms with van der Waals surface area (Å²) >= 11 is 0. The molecule has 1 saturated carbocycles. The van der Waals surface area contributed by atoms with Crippen LogP contribution in [0.2, 0.25) is 0 Å². The van der Waals surface area contributed by atoms with Crippen molar-refractivity contribution in [3.05, 3.63) is 48.5 Å². The van der Waals surface area contributed by atoms with E-state index in [0.717, 1.165) is 12.1 Å². The van der Waals surface area contributed by atoms with Gasteiger partial charge in [0.1, 0.15) is 0 Å². The molecule has 2 aromatic rings. The number of rotatable bonds is 4. The summed E-state index contributed by atoms with van der Waals surface area (Å²) in [5, 5.41) is 11.9. The lowest BCUT2D eigenvalue weighted by atomic mass is 10.1. The maximum absolute atomic E-state index is 12.2. The number of imidazole rings is 1. The van der Waals surface area contributed by atoms with E-state index in [1.165, 1.54) is 0 Å². The van der Waals surface area contributed by atoms with Gasteiger partial charge in [0.25, 0.3) is 5.91 Å². The molecule has 1 amide bonds. The zero-order valence-corrected chi connectivity index (χ0v) is 12.0. The molecule has 6 nitrogen and oxygen atoms in total. The van der Waals surface area contributed by atoms with Crippen molar-refractivity contribution in [1.29, 1.82) is 0 Å². The number of carbonyl (C=O) groups excluding carboxylic acids is 1. The number of amides is 1. The molecule has 114 valence electrons. The lowest BCUT2D eigenvalue weighted by Gasteiger charge is -2.12. The molecule has 0 saturated heterocycles. The Morgan fingerprint density at radius 1 is 1.23 bits per heavy atom. The Hall–Kier alpha value is -2.63. The van der Waals surface area contributed by atoms with Gasteiger partial charge in [0, 0.05) is 29.7 Å². The predicted molar refractivity (Wildman–Crippen MR) is 79.8 cm³/mol. The molecule has 2 N–H and O–H groups in total. The Kier molecular flexibility index (Phi) is 3.91. The van der Waals surface area contributed by atoms with Crippen LogP contribution in [0.3, 0.4) is 0 Å². The largest absolute Gasteiger partial charge is 0.481 e. The molecule has 0 aliphatic heterocycles. The fourth-order valence-electron chi connectivity index (χ4n) is 2.80. The monoisotopic (exact) mass is 299 g/mol. The van der Waals surface area contributed by atoms with Gasteiger partial charge in [-0.05, 0) is 43.5 Å². The lowest BCUT2D eigenvalue weighted by molar-refractivity contribution is -0.141. The normalized spacial score (nSPS) is 20.7. The fourth-order valence-corrected chi connectivity index (χ4v) is 2.80. The highest BCUT2D eigenvalue weighted by Gasteiger charge is 2.30. The second-order valence-corrected chi connectivity index (χ2v) is 5.54. The first-order chi connectivity index (χ1) is 10.6. The van der Waals surface area contributed by atoms with Crippen LogP contribution in [-0.4, -0.2) is 32.6 Å². The molecular formula is C16H17N3O3. The van der Waals surface area contributed by atoms with E-state index in [9.17, 15) is 9.59 Å². The topological polar surface area (TPSA) is 84.2 Å². The molecule has 3 rings (SSSR count). The van der Waals surface area contributed by atoms with Crippen LogP contribution in [0, 0.1) is 5.92 Å². The van der Waals surface area contributed by atoms with Crippen molar-refractivity contribution < 1.29 is 14.7 Å². The third kappa shape index (κ3) is 3.00. The summed E-state index contributed by atoms with van der Waals surface area (Å²) in [6.07, 6.45) is 7.07. The van der Waals surface area contributed by atoms with Gasteiger partial charge in [-0.15, -0.1) is 0 Å². The van der Waals surface area contributed by atoms with Crippen LogP contribution in [-0.2, 0) is 4.79 Å². The number of carbonyl (C=O) groups is 2. The molecule has 1 aromatic carbocycles. The second-order valence-electron chi connectivity index (χ2n) is 5.54. The van der Waals surface area contributed by atoms with Crippen molar-refractivity contribution in [1.82, 2.24) is 14.9 Å². The summed E-state index contributed by atoms with van der Waals surface area (Å²) in [4.78, 5) is 27.1. The molecule has 1 fully saturated rings. The number of benzene rings is 1. The van der Waals surface area contributed by atoms with Crippen molar-refractivity contribution >= 4 is 11.9 Å². The number of aromatic nitrogens is 2. The van der Waals surface area contributed by atoms with Gasteiger partial charge in [-0.2, -0.15) is 0 Å². The van der Waals surface area contributed by atoms with Gasteiger partial charge in [-0.1, -0.05) is 0 Å². The number of hydrogen-bond acceptors (Lipinski definition) is 3. The van der Waals surface area contributed by atoms with Gasteiger partial charge in [-0.25, -0.2) is 4.98 Å². The minimum Gasteiger partial charge on any atom is -0.481 e. The highest BCUT2D eigenvalue weighted by molar-refractivity contribution is 5.94. The zero-order valence-electron chi connectivity index (χ0n) is 12.0. The van der Waals surface area contributed by atoms with Crippen LogP contribution >= 0.6 is 0 Å². The molecule has 1 heterocycles. The van der Waals surface area contributed by atoms with Crippen molar-refractivity contribution in [3.63, 3.8) is 0 Å². The summed E-state index contributed by atoms with van der Waals surface area (Å²) in [5.74, 6) is -1.27. The number of aliphatic carboxylic acids is 1. The van der Waals surface area contributed by atoms with E-state index in [1.807, 2.05) is 22.9 Å². The number of carboxylic acids is 1. The summed E-state index contributed by atoms with van der Waals surface area (Å²) < 4.78 is 1.86. The van der Waals surface area contributed by atoms with Crippen molar-refractivity contribution in [2.75, 3.05) is 0 Å². The Balaban J connectivity index is 1.62. The van der Waals surface area contributed by atoms with E-state index in [0.29, 0.717) is 18.4 Å². The third-order valence-electron chi connectivity index (χ3n) is 4.05. The first kappa shape index (κ1) is 14.3. The van der Waals surface area contributed by atoms with Gasteiger partial charge in [0.05, 0.1) is 12.2 Å². The first-order valence-electron chi connectivity index (χ1n) is 7.25. The summed E-state index contributed by atoms with van der Waals surface area (Å²) in [6.45, 7) is 0. The predicted octanol–water partition coefficient (Wildman–Crippen LogP) is 1.86. The highest BCUT2D eigenvalue weighted by atomic mass is 16.4. The summed E-state index contributed by atoms with van der Waals surface area (Å²) in [5.41, 5.74) is 1.50. The van der Waals surface area contributed by atoms with E-state index in [1.54, 1.807) is 24.7 Å². The zero-order chi connectivity index (χ0) is 15.5. The SMILES string of the molecule is O=C(N[C@@H]1CC[C@H](C(=O)O)C1)c1ccc(-n2ccnc2)cc1. The van der Waals surface area contributed by atoms with E-state index >= 15 is 0 Å². The summed E-state index contributed by atoms with van der Waals surface area (Å²) in [7, 11) is 0. The number of hydrogen-bond donors (Lipinski definition) is 2. The second kappa shape index (κ2) is 6.01. The molecule has 0 unspecified atom stereocenters. The van der Waals surface area contributed by atoms with E-state index in [2.05, 4.69) is 10.3 Å². The first-order valence-corrected chi connectivity index (χ1v) is 7.25. The van der Waals surface area contributed by atoms with Crippen LogP contribution < -0.4 is 5.32 Å². The molecule has 22 heavy (non-hydrogen) atoms. The number of nitrogens with one attached hydrogen (secondary N) is 1. The standard InChI is InChI=1S/C16H17N3O3/c20-15(18-13-4-1-12(9-13)16(21)22)11-2-5-14(6-3-11)19-8-7-17-10-19/h2-3,5-8,10,12-13H,1,4,9H2,(H,18,20)(H,21,22)/t12-,13+/m0/s1. The number of carboxylic acid groups (broad SMARTS) is 1. The van der Waals surface area contributed by atoms with E-state index in [4.69, 9.17) is 5.11 Å². The highest BCUT2D eigenvalue weighted by Crippen LogP contribution is 2.25. The van der Waals surface area contributed by atoms with Gasteiger partial charge in [-0.3, -0.25) is 9.59 Å². The van der Waals surface area contributed by atoms with Gasteiger partial charge < -0.3 is 15.0 Å². The lowest BCUT2D eigenvalue weighted by Crippen LogP contribution is -2.33. The van der Waals surface area contributed by atoms with Crippen LogP contribution in [0.1, 0.15) is 29.6 Å². The van der Waals surface area contributed by atoms with Crippen molar-refractivity contribution in [2.24, 2.45) is 5.92 Å². The Bertz CT molecular complexity index is 664. The van der Waals surface area contributed by atoms with Gasteiger partial charge in [0.15, 0.2) is 0 Å². The van der Waals surface area contributed by atoms with Gasteiger partial charge in [0.2, 0.25) is 0 Å². The molecule has 0 radical (unpaired) electrons. The molecule has 1 aromatic heterocycles. The Morgan fingerprint density at radius 2 is 2.00 bits per heavy atom. The van der Waals surface area contributed by atoms with Crippen LogP contribution in [0.5, 0.6) is 0 Å². The third-order valence-corrected chi connectivity index (χ3v) is 4.05. The average molecular weight is 299 g/mol. The fraction of sp³-hybridized carbons (Fsp3) is 0.312. The van der Waals surface area contributed by atoms with Crippen molar-refractivity contribution in [3.8, 4) is 5.69 Å². The van der Waals surface area contributed by atoms with Crippen LogP contribution in [0.25, 0.3) is 5.69 Å². The van der Waals surface area contributed by atoms with E-state index in [-0.39, 0.29) is 17.9 Å². The molecule has 0 spiro atoms. The Morgan fingerprint density at radius 3 is 2.59 bits per heavy atom. The molecule has 2 atom stereocenters. The quantitative estimate of drug-likeness (QED) is 0.902. The average Bonchev–Trinajstić information content (AvgIpc) is 3.19. The van der Waals surface area contributed by atoms with Crippen LogP contribution in [0.4, 0.5) is 0 Å². The van der Waals surface area contributed by atoms with Crippen LogP contribution in [0.15, 0.2) is 43.0 Å². The summed E-state index contributed by atoms with van der Waals surface area (Å²) in [6, 6.07) is 7.17. The molecule has 6 heteroatoms. The molecule has 1 aliphatic rings.